The first-order chi connectivity index (χ1) is 9.26. The van der Waals surface area contributed by atoms with Crippen LogP contribution >= 0.6 is 0 Å². The van der Waals surface area contributed by atoms with Gasteiger partial charge in [0.15, 0.2) is 5.75 Å². The summed E-state index contributed by atoms with van der Waals surface area (Å²) in [5.41, 5.74) is 2.45. The zero-order valence-corrected chi connectivity index (χ0v) is 11.8. The maximum atomic E-state index is 5.38. The summed E-state index contributed by atoms with van der Waals surface area (Å²) in [5.74, 6) is 0.843. The molecule has 4 heteroatoms. The Morgan fingerprint density at radius 1 is 1.32 bits per heavy atom. The Hall–Kier alpha value is -1.81. The monoisotopic (exact) mass is 259 g/mol. The molecule has 1 atom stereocenters. The van der Waals surface area contributed by atoms with E-state index in [-0.39, 0.29) is 6.04 Å². The van der Waals surface area contributed by atoms with Crippen molar-refractivity contribution < 1.29 is 4.74 Å². The third kappa shape index (κ3) is 3.15. The quantitative estimate of drug-likeness (QED) is 0.865. The van der Waals surface area contributed by atoms with Crippen LogP contribution in [-0.2, 0) is 13.5 Å². The van der Waals surface area contributed by atoms with Crippen molar-refractivity contribution in [1.82, 2.24) is 15.1 Å². The fourth-order valence-corrected chi connectivity index (χ4v) is 2.35. The highest BCUT2D eigenvalue weighted by Gasteiger charge is 2.18. The van der Waals surface area contributed by atoms with Crippen LogP contribution in [0.1, 0.15) is 23.7 Å². The molecule has 0 aliphatic rings. The largest absolute Gasteiger partial charge is 0.493 e. The Labute approximate surface area is 114 Å². The Bertz CT molecular complexity index is 507. The van der Waals surface area contributed by atoms with Gasteiger partial charge in [0.05, 0.1) is 25.0 Å². The molecule has 19 heavy (non-hydrogen) atoms. The van der Waals surface area contributed by atoms with E-state index in [4.69, 9.17) is 4.74 Å². The number of rotatable bonds is 6. The summed E-state index contributed by atoms with van der Waals surface area (Å²) in [7, 11) is 5.61. The second-order valence-electron chi connectivity index (χ2n) is 4.59. The van der Waals surface area contributed by atoms with E-state index in [1.807, 2.05) is 24.8 Å². The summed E-state index contributed by atoms with van der Waals surface area (Å²) in [6.45, 7) is 0. The molecule has 1 heterocycles. The summed E-state index contributed by atoms with van der Waals surface area (Å²) in [4.78, 5) is 0. The summed E-state index contributed by atoms with van der Waals surface area (Å²) in [6, 6.07) is 10.8. The molecule has 1 aromatic carbocycles. The van der Waals surface area contributed by atoms with Gasteiger partial charge in [0.2, 0.25) is 0 Å². The minimum absolute atomic E-state index is 0.239. The molecule has 2 aromatic rings. The van der Waals surface area contributed by atoms with Crippen LogP contribution in [0.15, 0.2) is 36.5 Å². The average Bonchev–Trinajstić information content (AvgIpc) is 2.82. The molecular formula is C15H21N3O. The number of aryl methyl sites for hydroxylation is 2. The molecule has 1 N–H and O–H groups in total. The highest BCUT2D eigenvalue weighted by Crippen LogP contribution is 2.27. The summed E-state index contributed by atoms with van der Waals surface area (Å²) < 4.78 is 7.26. The zero-order valence-electron chi connectivity index (χ0n) is 11.8. The Morgan fingerprint density at radius 2 is 2.05 bits per heavy atom. The van der Waals surface area contributed by atoms with E-state index in [9.17, 15) is 0 Å². The normalized spacial score (nSPS) is 12.4. The van der Waals surface area contributed by atoms with Gasteiger partial charge in [0, 0.05) is 7.05 Å². The van der Waals surface area contributed by atoms with E-state index in [0.29, 0.717) is 0 Å². The van der Waals surface area contributed by atoms with Gasteiger partial charge in [-0.05, 0) is 25.5 Å². The van der Waals surface area contributed by atoms with Crippen LogP contribution in [0.2, 0.25) is 0 Å². The number of hydrogen-bond donors (Lipinski definition) is 1. The minimum atomic E-state index is 0.239. The lowest BCUT2D eigenvalue weighted by Gasteiger charge is -2.18. The van der Waals surface area contributed by atoms with Crippen LogP contribution in [0.5, 0.6) is 5.75 Å². The van der Waals surface area contributed by atoms with Gasteiger partial charge in [0.1, 0.15) is 0 Å². The van der Waals surface area contributed by atoms with Crippen LogP contribution in [0, 0.1) is 0 Å². The Morgan fingerprint density at radius 3 is 2.68 bits per heavy atom. The molecule has 0 saturated heterocycles. The van der Waals surface area contributed by atoms with Gasteiger partial charge in [-0.3, -0.25) is 4.68 Å². The van der Waals surface area contributed by atoms with Crippen molar-refractivity contribution in [3.8, 4) is 5.75 Å². The van der Waals surface area contributed by atoms with Crippen LogP contribution in [-0.4, -0.2) is 23.9 Å². The van der Waals surface area contributed by atoms with Gasteiger partial charge >= 0.3 is 0 Å². The van der Waals surface area contributed by atoms with E-state index < -0.39 is 0 Å². The lowest BCUT2D eigenvalue weighted by atomic mass is 10.0. The number of hydrogen-bond acceptors (Lipinski definition) is 3. The van der Waals surface area contributed by atoms with E-state index in [1.54, 1.807) is 13.3 Å². The standard InChI is InChI=1S/C15H21N3O/c1-16-13(10-9-12-7-5-4-6-8-12)15-14(19-3)11-17-18(15)2/h4-8,11,13,16H,9-10H2,1-3H3. The highest BCUT2D eigenvalue weighted by molar-refractivity contribution is 5.28. The topological polar surface area (TPSA) is 39.1 Å². The molecule has 0 fully saturated rings. The van der Waals surface area contributed by atoms with E-state index >= 15 is 0 Å². The first-order valence-corrected chi connectivity index (χ1v) is 6.53. The lowest BCUT2D eigenvalue weighted by Crippen LogP contribution is -2.20. The summed E-state index contributed by atoms with van der Waals surface area (Å²) in [6.07, 6.45) is 3.80. The fraction of sp³-hybridized carbons (Fsp3) is 0.400. The van der Waals surface area contributed by atoms with Crippen molar-refractivity contribution in [3.63, 3.8) is 0 Å². The number of aromatic nitrogens is 2. The second-order valence-corrected chi connectivity index (χ2v) is 4.59. The Kier molecular flexibility index (Phi) is 4.58. The molecule has 0 saturated carbocycles. The zero-order chi connectivity index (χ0) is 13.7. The first kappa shape index (κ1) is 13.6. The maximum Gasteiger partial charge on any atom is 0.161 e. The predicted octanol–water partition coefficient (Wildman–Crippen LogP) is 2.32. The van der Waals surface area contributed by atoms with Gasteiger partial charge in [-0.2, -0.15) is 5.10 Å². The summed E-state index contributed by atoms with van der Waals surface area (Å²) in [5, 5.41) is 7.61. The smallest absolute Gasteiger partial charge is 0.161 e. The molecule has 1 unspecified atom stereocenters. The molecule has 1 aromatic heterocycles. The maximum absolute atomic E-state index is 5.38. The van der Waals surface area contributed by atoms with Crippen molar-refractivity contribution in [1.29, 1.82) is 0 Å². The van der Waals surface area contributed by atoms with Gasteiger partial charge in [0.25, 0.3) is 0 Å². The number of benzene rings is 1. The summed E-state index contributed by atoms with van der Waals surface area (Å²) >= 11 is 0. The van der Waals surface area contributed by atoms with Crippen LogP contribution in [0.25, 0.3) is 0 Å². The molecule has 0 spiro atoms. The van der Waals surface area contributed by atoms with E-state index in [0.717, 1.165) is 24.3 Å². The van der Waals surface area contributed by atoms with Crippen molar-refractivity contribution >= 4 is 0 Å². The number of methoxy groups -OCH3 is 1. The van der Waals surface area contributed by atoms with Gasteiger partial charge in [-0.25, -0.2) is 0 Å². The van der Waals surface area contributed by atoms with Gasteiger partial charge in [-0.15, -0.1) is 0 Å². The third-order valence-electron chi connectivity index (χ3n) is 3.41. The SMILES string of the molecule is CNC(CCc1ccccc1)c1c(OC)cnn1C. The number of nitrogens with zero attached hydrogens (tertiary/aromatic N) is 2. The van der Waals surface area contributed by atoms with Crippen molar-refractivity contribution in [3.05, 3.63) is 47.8 Å². The lowest BCUT2D eigenvalue weighted by molar-refractivity contribution is 0.393. The molecular weight excluding hydrogens is 238 g/mol. The van der Waals surface area contributed by atoms with Gasteiger partial charge < -0.3 is 10.1 Å². The average molecular weight is 259 g/mol. The molecule has 0 aliphatic heterocycles. The third-order valence-corrected chi connectivity index (χ3v) is 3.41. The van der Waals surface area contributed by atoms with Crippen molar-refractivity contribution in [2.45, 2.75) is 18.9 Å². The molecule has 102 valence electrons. The van der Waals surface area contributed by atoms with E-state index in [2.05, 4.69) is 34.7 Å². The van der Waals surface area contributed by atoms with Gasteiger partial charge in [-0.1, -0.05) is 30.3 Å². The molecule has 0 radical (unpaired) electrons. The number of nitrogens with one attached hydrogen (secondary N) is 1. The molecule has 0 aliphatic carbocycles. The highest BCUT2D eigenvalue weighted by atomic mass is 16.5. The molecule has 2 rings (SSSR count). The number of ether oxygens (including phenoxy) is 1. The Balaban J connectivity index is 2.10. The van der Waals surface area contributed by atoms with Crippen LogP contribution < -0.4 is 10.1 Å². The van der Waals surface area contributed by atoms with Crippen LogP contribution in [0.3, 0.4) is 0 Å². The van der Waals surface area contributed by atoms with Crippen molar-refractivity contribution in [2.75, 3.05) is 14.2 Å². The van der Waals surface area contributed by atoms with Crippen LogP contribution in [0.4, 0.5) is 0 Å². The fourth-order valence-electron chi connectivity index (χ4n) is 2.35. The van der Waals surface area contributed by atoms with E-state index in [1.165, 1.54) is 5.56 Å². The molecule has 0 amide bonds. The second kappa shape index (κ2) is 6.38. The minimum Gasteiger partial charge on any atom is -0.493 e. The molecule has 4 nitrogen and oxygen atoms in total. The molecule has 0 bridgehead atoms. The predicted molar refractivity (Wildman–Crippen MR) is 76.3 cm³/mol. The van der Waals surface area contributed by atoms with Crippen molar-refractivity contribution in [2.24, 2.45) is 7.05 Å². The first-order valence-electron chi connectivity index (χ1n) is 6.53.